The Morgan fingerprint density at radius 1 is 1.25 bits per heavy atom. The van der Waals surface area contributed by atoms with E-state index in [1.54, 1.807) is 36.1 Å². The molecule has 0 unspecified atom stereocenters. The molecule has 2 heterocycles. The standard InChI is InChI=1S/C23H26FN5O3/c1-4-32-23(31)14-28(21-9-17-10-25-26-20(17)8-15(21)2)13-22(30)27(3)29-11-16-6-5-7-19(24)18(16)12-29/h5-10H,4,11-14H2,1-3H3,(H,25,26). The van der Waals surface area contributed by atoms with Gasteiger partial charge in [0.15, 0.2) is 0 Å². The molecule has 1 amide bonds. The van der Waals surface area contributed by atoms with Crippen LogP contribution in [0.5, 0.6) is 0 Å². The van der Waals surface area contributed by atoms with Crippen molar-refractivity contribution in [3.05, 3.63) is 59.0 Å². The molecule has 0 saturated heterocycles. The van der Waals surface area contributed by atoms with E-state index in [1.165, 1.54) is 11.1 Å². The summed E-state index contributed by atoms with van der Waals surface area (Å²) in [4.78, 5) is 27.2. The lowest BCUT2D eigenvalue weighted by atomic mass is 10.1. The summed E-state index contributed by atoms with van der Waals surface area (Å²) in [5, 5.41) is 11.2. The maximum Gasteiger partial charge on any atom is 0.325 e. The number of carbonyl (C=O) groups excluding carboxylic acids is 2. The van der Waals surface area contributed by atoms with Gasteiger partial charge in [0.05, 0.1) is 24.9 Å². The van der Waals surface area contributed by atoms with Gasteiger partial charge in [-0.2, -0.15) is 5.10 Å². The minimum Gasteiger partial charge on any atom is -0.465 e. The highest BCUT2D eigenvalue weighted by Crippen LogP contribution is 2.28. The summed E-state index contributed by atoms with van der Waals surface area (Å²) < 4.78 is 19.3. The number of hydrogen-bond acceptors (Lipinski definition) is 6. The van der Waals surface area contributed by atoms with Crippen LogP contribution in [0.15, 0.2) is 36.5 Å². The Kier molecular flexibility index (Phi) is 6.09. The minimum absolute atomic E-state index is 0.0329. The number of hydrazine groups is 1. The monoisotopic (exact) mass is 439 g/mol. The number of likely N-dealkylation sites (N-methyl/N-ethyl adjacent to an activating group) is 1. The molecule has 0 bridgehead atoms. The molecular formula is C23H26FN5O3. The SMILES string of the molecule is CCOC(=O)CN(CC(=O)N(C)N1Cc2cccc(F)c2C1)c1cc2cn[nH]c2cc1C. The van der Waals surface area contributed by atoms with Crippen molar-refractivity contribution in [2.24, 2.45) is 0 Å². The maximum absolute atomic E-state index is 14.1. The molecular weight excluding hydrogens is 413 g/mol. The van der Waals surface area contributed by atoms with Crippen LogP contribution >= 0.6 is 0 Å². The van der Waals surface area contributed by atoms with E-state index in [1.807, 2.05) is 25.1 Å². The highest BCUT2D eigenvalue weighted by atomic mass is 19.1. The van der Waals surface area contributed by atoms with Gasteiger partial charge in [0.25, 0.3) is 5.91 Å². The topological polar surface area (TPSA) is 81.8 Å². The van der Waals surface area contributed by atoms with Crippen LogP contribution in [0.2, 0.25) is 0 Å². The Bertz CT molecular complexity index is 1160. The summed E-state index contributed by atoms with van der Waals surface area (Å²) >= 11 is 0. The van der Waals surface area contributed by atoms with Crippen LogP contribution in [0, 0.1) is 12.7 Å². The number of aromatic amines is 1. The Balaban J connectivity index is 1.55. The Morgan fingerprint density at radius 3 is 2.81 bits per heavy atom. The number of fused-ring (bicyclic) bond motifs is 2. The maximum atomic E-state index is 14.1. The number of aryl methyl sites for hydroxylation is 1. The molecule has 9 heteroatoms. The summed E-state index contributed by atoms with van der Waals surface area (Å²) in [6, 6.07) is 8.81. The Morgan fingerprint density at radius 2 is 2.06 bits per heavy atom. The first-order valence-corrected chi connectivity index (χ1v) is 10.5. The lowest BCUT2D eigenvalue weighted by Gasteiger charge is -2.31. The van der Waals surface area contributed by atoms with Gasteiger partial charge in [-0.3, -0.25) is 19.7 Å². The second-order valence-electron chi connectivity index (χ2n) is 7.87. The van der Waals surface area contributed by atoms with Crippen LogP contribution in [0.3, 0.4) is 0 Å². The van der Waals surface area contributed by atoms with Gasteiger partial charge in [0, 0.05) is 36.8 Å². The summed E-state index contributed by atoms with van der Waals surface area (Å²) in [5.41, 5.74) is 4.01. The van der Waals surface area contributed by atoms with Gasteiger partial charge in [-0.05, 0) is 43.2 Å². The minimum atomic E-state index is -0.412. The van der Waals surface area contributed by atoms with Crippen LogP contribution in [0.25, 0.3) is 10.9 Å². The second kappa shape index (κ2) is 8.96. The van der Waals surface area contributed by atoms with Crippen molar-refractivity contribution in [2.45, 2.75) is 26.9 Å². The van der Waals surface area contributed by atoms with Gasteiger partial charge in [0.2, 0.25) is 0 Å². The van der Waals surface area contributed by atoms with E-state index in [-0.39, 0.29) is 31.4 Å². The van der Waals surface area contributed by atoms with E-state index < -0.39 is 5.97 Å². The van der Waals surface area contributed by atoms with E-state index in [0.717, 1.165) is 27.7 Å². The molecule has 1 aliphatic heterocycles. The molecule has 168 valence electrons. The smallest absolute Gasteiger partial charge is 0.325 e. The van der Waals surface area contributed by atoms with E-state index in [0.29, 0.717) is 18.7 Å². The van der Waals surface area contributed by atoms with Crippen LogP contribution < -0.4 is 4.90 Å². The highest BCUT2D eigenvalue weighted by molar-refractivity contribution is 5.89. The third-order valence-electron chi connectivity index (χ3n) is 5.74. The van der Waals surface area contributed by atoms with Crippen molar-refractivity contribution in [3.63, 3.8) is 0 Å². The van der Waals surface area contributed by atoms with Crippen molar-refractivity contribution in [2.75, 3.05) is 31.6 Å². The number of H-pyrrole nitrogens is 1. The molecule has 32 heavy (non-hydrogen) atoms. The van der Waals surface area contributed by atoms with Crippen LogP contribution in [0.1, 0.15) is 23.6 Å². The molecule has 4 rings (SSSR count). The average Bonchev–Trinajstić information content (AvgIpc) is 3.39. The first-order valence-electron chi connectivity index (χ1n) is 10.5. The van der Waals surface area contributed by atoms with E-state index in [2.05, 4.69) is 10.2 Å². The number of halogens is 1. The molecule has 0 fully saturated rings. The number of nitrogens with one attached hydrogen (secondary N) is 1. The third-order valence-corrected chi connectivity index (χ3v) is 5.74. The van der Waals surface area contributed by atoms with Crippen molar-refractivity contribution in [1.82, 2.24) is 20.2 Å². The summed E-state index contributed by atoms with van der Waals surface area (Å²) in [5.74, 6) is -0.890. The highest BCUT2D eigenvalue weighted by Gasteiger charge is 2.28. The van der Waals surface area contributed by atoms with Gasteiger partial charge < -0.3 is 9.64 Å². The second-order valence-corrected chi connectivity index (χ2v) is 7.87. The summed E-state index contributed by atoms with van der Waals surface area (Å²) in [6.45, 7) is 4.60. The normalized spacial score (nSPS) is 13.2. The molecule has 0 aliphatic carbocycles. The molecule has 1 aromatic heterocycles. The number of nitrogens with zero attached hydrogens (tertiary/aromatic N) is 4. The number of aromatic nitrogens is 2. The largest absolute Gasteiger partial charge is 0.465 e. The van der Waals surface area contributed by atoms with Crippen molar-refractivity contribution in [1.29, 1.82) is 0 Å². The van der Waals surface area contributed by atoms with Crippen LogP contribution in [-0.2, 0) is 27.4 Å². The van der Waals surface area contributed by atoms with E-state index in [4.69, 9.17) is 4.74 Å². The van der Waals surface area contributed by atoms with Gasteiger partial charge in [-0.15, -0.1) is 0 Å². The van der Waals surface area contributed by atoms with E-state index >= 15 is 0 Å². The van der Waals surface area contributed by atoms with Gasteiger partial charge in [0.1, 0.15) is 12.4 Å². The number of amides is 1. The third kappa shape index (κ3) is 4.29. The number of rotatable bonds is 7. The molecule has 0 radical (unpaired) electrons. The number of anilines is 1. The number of esters is 1. The zero-order valence-corrected chi connectivity index (χ0v) is 18.4. The summed E-state index contributed by atoms with van der Waals surface area (Å²) in [7, 11) is 1.67. The zero-order chi connectivity index (χ0) is 22.8. The molecule has 1 aliphatic rings. The fourth-order valence-corrected chi connectivity index (χ4v) is 4.02. The van der Waals surface area contributed by atoms with Gasteiger partial charge in [-0.25, -0.2) is 9.40 Å². The molecule has 2 aromatic carbocycles. The molecule has 1 N–H and O–H groups in total. The number of ether oxygens (including phenoxy) is 1. The van der Waals surface area contributed by atoms with Crippen LogP contribution in [0.4, 0.5) is 10.1 Å². The molecule has 0 saturated carbocycles. The molecule has 0 spiro atoms. The molecule has 8 nitrogen and oxygen atoms in total. The zero-order valence-electron chi connectivity index (χ0n) is 18.4. The first-order chi connectivity index (χ1) is 15.4. The number of hydrogen-bond donors (Lipinski definition) is 1. The van der Waals surface area contributed by atoms with Crippen molar-refractivity contribution >= 4 is 28.5 Å². The molecule has 3 aromatic rings. The van der Waals surface area contributed by atoms with Crippen molar-refractivity contribution < 1.29 is 18.7 Å². The molecule has 0 atom stereocenters. The van der Waals surface area contributed by atoms with Gasteiger partial charge in [-0.1, -0.05) is 12.1 Å². The van der Waals surface area contributed by atoms with Gasteiger partial charge >= 0.3 is 5.97 Å². The number of benzene rings is 2. The lowest BCUT2D eigenvalue weighted by molar-refractivity contribution is -0.145. The quantitative estimate of drug-likeness (QED) is 0.570. The average molecular weight is 439 g/mol. The number of carbonyl (C=O) groups is 2. The predicted molar refractivity (Wildman–Crippen MR) is 118 cm³/mol. The van der Waals surface area contributed by atoms with E-state index in [9.17, 15) is 14.0 Å². The fourth-order valence-electron chi connectivity index (χ4n) is 4.02. The lowest BCUT2D eigenvalue weighted by Crippen LogP contribution is -2.47. The Hall–Kier alpha value is -3.46. The van der Waals surface area contributed by atoms with Crippen LogP contribution in [-0.4, -0.2) is 58.8 Å². The Labute approximate surface area is 185 Å². The fraction of sp³-hybridized carbons (Fsp3) is 0.348. The predicted octanol–water partition coefficient (Wildman–Crippen LogP) is 2.77. The van der Waals surface area contributed by atoms with Crippen molar-refractivity contribution in [3.8, 4) is 0 Å². The summed E-state index contributed by atoms with van der Waals surface area (Å²) in [6.07, 6.45) is 1.70. The first kappa shape index (κ1) is 21.8.